The lowest BCUT2D eigenvalue weighted by molar-refractivity contribution is 0.160. The van der Waals surface area contributed by atoms with Gasteiger partial charge in [0.1, 0.15) is 0 Å². The number of nitrogens with zero attached hydrogens (tertiary/aromatic N) is 1. The van der Waals surface area contributed by atoms with E-state index < -0.39 is 0 Å². The van der Waals surface area contributed by atoms with Gasteiger partial charge in [0, 0.05) is 5.75 Å². The number of H-pyrrole nitrogens is 1. The summed E-state index contributed by atoms with van der Waals surface area (Å²) in [6.07, 6.45) is 0. The molecule has 0 bridgehead atoms. The number of imidazole rings is 1. The molecule has 0 aliphatic rings. The molecule has 0 fully saturated rings. The number of aromatic amines is 1. The predicted octanol–water partition coefficient (Wildman–Crippen LogP) is 2.72. The molecule has 1 atom stereocenters. The molecule has 0 saturated heterocycles. The first kappa shape index (κ1) is 10.5. The van der Waals surface area contributed by atoms with Gasteiger partial charge in [0.2, 0.25) is 0 Å². The summed E-state index contributed by atoms with van der Waals surface area (Å²) >= 11 is 1.61. The van der Waals surface area contributed by atoms with Gasteiger partial charge in [-0.3, -0.25) is 0 Å². The molecule has 1 N–H and O–H groups in total. The predicted molar refractivity (Wildman–Crippen MR) is 61.5 cm³/mol. The molecule has 1 radical (unpaired) electrons. The molecule has 79 valence electrons. The molecule has 0 spiro atoms. The summed E-state index contributed by atoms with van der Waals surface area (Å²) in [6, 6.07) is 7.93. The van der Waals surface area contributed by atoms with Crippen LogP contribution in [0, 0.1) is 5.92 Å². The average molecular weight is 221 g/mol. The molecule has 1 heterocycles. The van der Waals surface area contributed by atoms with Crippen molar-refractivity contribution in [3.8, 4) is 0 Å². The maximum Gasteiger partial charge on any atom is 0.166 e. The smallest absolute Gasteiger partial charge is 0.166 e. The van der Waals surface area contributed by atoms with Crippen molar-refractivity contribution in [1.29, 1.82) is 0 Å². The third-order valence-corrected chi connectivity index (χ3v) is 3.36. The van der Waals surface area contributed by atoms with E-state index in [1.54, 1.807) is 11.8 Å². The highest BCUT2D eigenvalue weighted by Crippen LogP contribution is 2.20. The van der Waals surface area contributed by atoms with Crippen molar-refractivity contribution in [2.24, 2.45) is 5.92 Å². The van der Waals surface area contributed by atoms with E-state index in [1.807, 2.05) is 31.2 Å². The zero-order valence-electron chi connectivity index (χ0n) is 8.56. The summed E-state index contributed by atoms with van der Waals surface area (Å²) < 4.78 is 0. The second-order valence-corrected chi connectivity index (χ2v) is 4.65. The van der Waals surface area contributed by atoms with E-state index in [2.05, 4.69) is 9.97 Å². The number of nitrogens with one attached hydrogen (secondary N) is 1. The quantitative estimate of drug-likeness (QED) is 0.807. The van der Waals surface area contributed by atoms with Gasteiger partial charge in [0.15, 0.2) is 5.16 Å². The standard InChI is InChI=1S/C11H13N2OS/c1-8(6-14)7-15-11-12-9-4-2-3-5-10(9)13-11/h2-5,8H,6-7H2,1H3,(H,12,13). The third-order valence-electron chi connectivity index (χ3n) is 2.16. The zero-order chi connectivity index (χ0) is 10.7. The second-order valence-electron chi connectivity index (χ2n) is 3.64. The van der Waals surface area contributed by atoms with Crippen molar-refractivity contribution in [1.82, 2.24) is 9.97 Å². The van der Waals surface area contributed by atoms with Crippen LogP contribution in [0.2, 0.25) is 0 Å². The van der Waals surface area contributed by atoms with Gasteiger partial charge in [-0.1, -0.05) is 30.8 Å². The Morgan fingerprint density at radius 3 is 3.00 bits per heavy atom. The molecule has 4 heteroatoms. The Morgan fingerprint density at radius 2 is 2.27 bits per heavy atom. The lowest BCUT2D eigenvalue weighted by atomic mass is 10.2. The molecule has 0 saturated carbocycles. The third kappa shape index (κ3) is 2.52. The van der Waals surface area contributed by atoms with Gasteiger partial charge in [-0.15, -0.1) is 0 Å². The molecular formula is C11H13N2OS. The van der Waals surface area contributed by atoms with Crippen LogP contribution in [0.25, 0.3) is 11.0 Å². The van der Waals surface area contributed by atoms with Crippen LogP contribution < -0.4 is 0 Å². The normalized spacial score (nSPS) is 13.2. The summed E-state index contributed by atoms with van der Waals surface area (Å²) in [5.74, 6) is 1.02. The number of fused-ring (bicyclic) bond motifs is 1. The highest BCUT2D eigenvalue weighted by molar-refractivity contribution is 7.99. The first-order valence-electron chi connectivity index (χ1n) is 4.95. The van der Waals surface area contributed by atoms with Crippen LogP contribution in [0.1, 0.15) is 6.92 Å². The monoisotopic (exact) mass is 221 g/mol. The van der Waals surface area contributed by atoms with E-state index in [1.165, 1.54) is 0 Å². The van der Waals surface area contributed by atoms with Crippen LogP contribution in [-0.4, -0.2) is 22.3 Å². The molecule has 1 aromatic heterocycles. The van der Waals surface area contributed by atoms with E-state index >= 15 is 0 Å². The summed E-state index contributed by atoms with van der Waals surface area (Å²) in [7, 11) is 0. The van der Waals surface area contributed by atoms with E-state index in [9.17, 15) is 5.11 Å². The van der Waals surface area contributed by atoms with Crippen LogP contribution >= 0.6 is 11.8 Å². The van der Waals surface area contributed by atoms with Crippen molar-refractivity contribution in [2.45, 2.75) is 12.1 Å². The molecule has 0 aliphatic heterocycles. The highest BCUT2D eigenvalue weighted by Gasteiger charge is 2.05. The Bertz CT molecular complexity index is 408. The largest absolute Gasteiger partial charge is 0.333 e. The Morgan fingerprint density at radius 1 is 1.47 bits per heavy atom. The topological polar surface area (TPSA) is 48.6 Å². The van der Waals surface area contributed by atoms with Crippen LogP contribution in [-0.2, 0) is 5.11 Å². The Balaban J connectivity index is 2.09. The van der Waals surface area contributed by atoms with Crippen molar-refractivity contribution in [3.63, 3.8) is 0 Å². The number of benzene rings is 1. The molecule has 0 amide bonds. The van der Waals surface area contributed by atoms with Crippen molar-refractivity contribution < 1.29 is 5.11 Å². The van der Waals surface area contributed by atoms with Gasteiger partial charge in [-0.05, 0) is 18.1 Å². The van der Waals surface area contributed by atoms with Gasteiger partial charge in [0.25, 0.3) is 0 Å². The van der Waals surface area contributed by atoms with Crippen LogP contribution in [0.15, 0.2) is 29.4 Å². The number of aromatic nitrogens is 2. The van der Waals surface area contributed by atoms with Crippen LogP contribution in [0.3, 0.4) is 0 Å². The summed E-state index contributed by atoms with van der Waals surface area (Å²) in [5, 5.41) is 11.5. The minimum absolute atomic E-state index is 0.0206. The average Bonchev–Trinajstić information content (AvgIpc) is 2.68. The SMILES string of the molecule is CC(C[O])CSc1nc2ccccc2[nH]1. The lowest BCUT2D eigenvalue weighted by Gasteiger charge is -2.02. The maximum atomic E-state index is 10.6. The summed E-state index contributed by atoms with van der Waals surface area (Å²) in [5.41, 5.74) is 2.03. The van der Waals surface area contributed by atoms with Crippen molar-refractivity contribution in [2.75, 3.05) is 12.4 Å². The molecule has 1 unspecified atom stereocenters. The molecule has 3 nitrogen and oxygen atoms in total. The van der Waals surface area contributed by atoms with Crippen molar-refractivity contribution >= 4 is 22.8 Å². The molecule has 0 aliphatic carbocycles. The second kappa shape index (κ2) is 4.68. The fourth-order valence-electron chi connectivity index (χ4n) is 1.27. The molecular weight excluding hydrogens is 208 g/mol. The van der Waals surface area contributed by atoms with Gasteiger partial charge in [0.05, 0.1) is 17.6 Å². The fourth-order valence-corrected chi connectivity index (χ4v) is 2.15. The Hall–Kier alpha value is -1.00. The van der Waals surface area contributed by atoms with Crippen LogP contribution in [0.5, 0.6) is 0 Å². The molecule has 1 aromatic carbocycles. The van der Waals surface area contributed by atoms with Crippen molar-refractivity contribution in [3.05, 3.63) is 24.3 Å². The minimum Gasteiger partial charge on any atom is -0.333 e. The molecule has 2 aromatic rings. The number of rotatable bonds is 4. The lowest BCUT2D eigenvalue weighted by Crippen LogP contribution is -2.02. The Labute approximate surface area is 92.9 Å². The number of hydrogen-bond acceptors (Lipinski definition) is 2. The maximum absolute atomic E-state index is 10.6. The summed E-state index contributed by atoms with van der Waals surface area (Å²) in [6.45, 7) is 1.94. The first-order valence-corrected chi connectivity index (χ1v) is 5.94. The first-order chi connectivity index (χ1) is 7.29. The van der Waals surface area contributed by atoms with E-state index in [4.69, 9.17) is 0 Å². The number of hydrogen-bond donors (Lipinski definition) is 1. The molecule has 2 rings (SSSR count). The van der Waals surface area contributed by atoms with Crippen LogP contribution in [0.4, 0.5) is 0 Å². The minimum atomic E-state index is -0.0206. The number of para-hydroxylation sites is 2. The van der Waals surface area contributed by atoms with E-state index in [-0.39, 0.29) is 12.5 Å². The van der Waals surface area contributed by atoms with E-state index in [0.717, 1.165) is 21.9 Å². The van der Waals surface area contributed by atoms with Gasteiger partial charge in [-0.25, -0.2) is 10.1 Å². The highest BCUT2D eigenvalue weighted by atomic mass is 32.2. The van der Waals surface area contributed by atoms with E-state index in [0.29, 0.717) is 0 Å². The van der Waals surface area contributed by atoms with Gasteiger partial charge in [-0.2, -0.15) is 0 Å². The fraction of sp³-hybridized carbons (Fsp3) is 0.364. The zero-order valence-corrected chi connectivity index (χ0v) is 9.38. The van der Waals surface area contributed by atoms with Gasteiger partial charge >= 0.3 is 0 Å². The Kier molecular flexibility index (Phi) is 3.28. The van der Waals surface area contributed by atoms with Gasteiger partial charge < -0.3 is 4.98 Å². The summed E-state index contributed by atoms with van der Waals surface area (Å²) in [4.78, 5) is 7.65. The molecule has 15 heavy (non-hydrogen) atoms. The number of thioether (sulfide) groups is 1.